The predicted octanol–water partition coefficient (Wildman–Crippen LogP) is 3.06. The van der Waals surface area contributed by atoms with Gasteiger partial charge in [0.15, 0.2) is 11.5 Å². The predicted molar refractivity (Wildman–Crippen MR) is 116 cm³/mol. The minimum atomic E-state index is -0.469. The largest absolute Gasteiger partial charge is 0.454 e. The van der Waals surface area contributed by atoms with Crippen LogP contribution in [0, 0.1) is 0 Å². The molecule has 0 saturated carbocycles. The number of benzene rings is 2. The molecule has 0 bridgehead atoms. The average Bonchev–Trinajstić information content (AvgIpc) is 3.24. The fourth-order valence-electron chi connectivity index (χ4n) is 4.12. The van der Waals surface area contributed by atoms with Crippen molar-refractivity contribution in [3.05, 3.63) is 59.7 Å². The summed E-state index contributed by atoms with van der Waals surface area (Å²) in [5, 5.41) is 10.5. The Labute approximate surface area is 179 Å². The minimum absolute atomic E-state index is 0.0411. The maximum Gasteiger partial charge on any atom is 0.231 e. The first-order valence-electron chi connectivity index (χ1n) is 10.9. The molecule has 0 amide bonds. The molecule has 2 atom stereocenters. The van der Waals surface area contributed by atoms with E-state index in [0.29, 0.717) is 19.9 Å². The summed E-state index contributed by atoms with van der Waals surface area (Å²) in [6, 6.07) is 16.4. The summed E-state index contributed by atoms with van der Waals surface area (Å²) in [5.41, 5.74) is 2.41. The first kappa shape index (κ1) is 21.1. The van der Waals surface area contributed by atoms with Crippen molar-refractivity contribution < 1.29 is 19.3 Å². The van der Waals surface area contributed by atoms with E-state index >= 15 is 0 Å². The Balaban J connectivity index is 1.18. The lowest BCUT2D eigenvalue weighted by Gasteiger charge is -2.35. The van der Waals surface area contributed by atoms with Gasteiger partial charge in [0.25, 0.3) is 0 Å². The molecular formula is C24H32N2O4. The van der Waals surface area contributed by atoms with E-state index in [-0.39, 0.29) is 6.10 Å². The number of piperazine rings is 1. The number of fused-ring (bicyclic) bond motifs is 1. The molecule has 2 aliphatic rings. The molecule has 1 saturated heterocycles. The summed E-state index contributed by atoms with van der Waals surface area (Å²) >= 11 is 0. The summed E-state index contributed by atoms with van der Waals surface area (Å²) in [6.07, 6.45) is 0.470. The second kappa shape index (κ2) is 10.3. The van der Waals surface area contributed by atoms with E-state index in [1.165, 1.54) is 11.1 Å². The highest BCUT2D eigenvalue weighted by atomic mass is 16.7. The highest BCUT2D eigenvalue weighted by molar-refractivity contribution is 5.44. The molecule has 1 fully saturated rings. The lowest BCUT2D eigenvalue weighted by molar-refractivity contribution is -0.0284. The van der Waals surface area contributed by atoms with Gasteiger partial charge >= 0.3 is 0 Å². The quantitative estimate of drug-likeness (QED) is 0.683. The van der Waals surface area contributed by atoms with Crippen LogP contribution >= 0.6 is 0 Å². The summed E-state index contributed by atoms with van der Waals surface area (Å²) in [4.78, 5) is 4.77. The molecule has 0 spiro atoms. The smallest absolute Gasteiger partial charge is 0.231 e. The van der Waals surface area contributed by atoms with Gasteiger partial charge in [-0.25, -0.2) is 0 Å². The van der Waals surface area contributed by atoms with Crippen molar-refractivity contribution in [1.29, 1.82) is 0 Å². The molecule has 30 heavy (non-hydrogen) atoms. The van der Waals surface area contributed by atoms with Gasteiger partial charge in [-0.2, -0.15) is 0 Å². The molecular weight excluding hydrogens is 380 g/mol. The Morgan fingerprint density at radius 1 is 0.967 bits per heavy atom. The van der Waals surface area contributed by atoms with Crippen LogP contribution in [0.1, 0.15) is 30.6 Å². The van der Waals surface area contributed by atoms with Crippen LogP contribution < -0.4 is 9.47 Å². The molecule has 1 N–H and O–H groups in total. The molecule has 6 nitrogen and oxygen atoms in total. The van der Waals surface area contributed by atoms with Crippen molar-refractivity contribution in [2.75, 3.05) is 46.1 Å². The first-order chi connectivity index (χ1) is 14.7. The van der Waals surface area contributed by atoms with Gasteiger partial charge in [0.2, 0.25) is 6.79 Å². The molecule has 2 heterocycles. The van der Waals surface area contributed by atoms with Crippen LogP contribution in [-0.4, -0.2) is 67.1 Å². The van der Waals surface area contributed by atoms with E-state index in [1.807, 2.05) is 24.3 Å². The van der Waals surface area contributed by atoms with E-state index < -0.39 is 6.10 Å². The maximum absolute atomic E-state index is 10.5. The SMILES string of the molecule is CC[C@H](OC[C@H](O)CN1CCN(Cc2ccc3c(c2)OCO3)CC1)c1ccccc1. The number of β-amino-alcohol motifs (C(OH)–C–C–N with tert-alkyl or cyclic N) is 1. The van der Waals surface area contributed by atoms with Crippen molar-refractivity contribution in [3.63, 3.8) is 0 Å². The van der Waals surface area contributed by atoms with E-state index in [1.54, 1.807) is 0 Å². The van der Waals surface area contributed by atoms with Crippen molar-refractivity contribution >= 4 is 0 Å². The molecule has 4 rings (SSSR count). The van der Waals surface area contributed by atoms with Gasteiger partial charge in [0.05, 0.1) is 18.8 Å². The number of rotatable bonds is 9. The van der Waals surface area contributed by atoms with Crippen molar-refractivity contribution in [2.45, 2.75) is 32.1 Å². The van der Waals surface area contributed by atoms with Crippen LogP contribution in [0.4, 0.5) is 0 Å². The maximum atomic E-state index is 10.5. The monoisotopic (exact) mass is 412 g/mol. The number of ether oxygens (including phenoxy) is 3. The molecule has 0 aliphatic carbocycles. The molecule has 2 aromatic carbocycles. The van der Waals surface area contributed by atoms with Crippen molar-refractivity contribution in [2.24, 2.45) is 0 Å². The van der Waals surface area contributed by atoms with Crippen molar-refractivity contribution in [3.8, 4) is 11.5 Å². The lowest BCUT2D eigenvalue weighted by Crippen LogP contribution is -2.48. The molecule has 2 aromatic rings. The van der Waals surface area contributed by atoms with Gasteiger partial charge in [-0.3, -0.25) is 9.80 Å². The molecule has 0 aromatic heterocycles. The highest BCUT2D eigenvalue weighted by Gasteiger charge is 2.21. The Hall–Kier alpha value is -2.12. The Kier molecular flexibility index (Phi) is 7.23. The van der Waals surface area contributed by atoms with E-state index in [0.717, 1.165) is 50.6 Å². The lowest BCUT2D eigenvalue weighted by atomic mass is 10.1. The number of nitrogens with zero attached hydrogens (tertiary/aromatic N) is 2. The van der Waals surface area contributed by atoms with Gasteiger partial charge in [0.1, 0.15) is 0 Å². The minimum Gasteiger partial charge on any atom is -0.454 e. The number of hydrogen-bond donors (Lipinski definition) is 1. The van der Waals surface area contributed by atoms with Gasteiger partial charge in [-0.05, 0) is 29.7 Å². The van der Waals surface area contributed by atoms with Gasteiger partial charge < -0.3 is 19.3 Å². The Morgan fingerprint density at radius 2 is 1.70 bits per heavy atom. The first-order valence-corrected chi connectivity index (χ1v) is 10.9. The Bertz CT molecular complexity index is 793. The van der Waals surface area contributed by atoms with Crippen LogP contribution in [-0.2, 0) is 11.3 Å². The highest BCUT2D eigenvalue weighted by Crippen LogP contribution is 2.32. The molecule has 0 radical (unpaired) electrons. The topological polar surface area (TPSA) is 54.4 Å². The third kappa shape index (κ3) is 5.52. The van der Waals surface area contributed by atoms with Crippen LogP contribution in [0.2, 0.25) is 0 Å². The summed E-state index contributed by atoms with van der Waals surface area (Å²) in [6.45, 7) is 8.25. The fraction of sp³-hybridized carbons (Fsp3) is 0.500. The number of aliphatic hydroxyl groups excluding tert-OH is 1. The molecule has 162 valence electrons. The van der Waals surface area contributed by atoms with Crippen LogP contribution in [0.3, 0.4) is 0 Å². The summed E-state index contributed by atoms with van der Waals surface area (Å²) in [5.74, 6) is 1.67. The zero-order chi connectivity index (χ0) is 20.8. The second-order valence-electron chi connectivity index (χ2n) is 8.06. The summed E-state index contributed by atoms with van der Waals surface area (Å²) in [7, 11) is 0. The fourth-order valence-corrected chi connectivity index (χ4v) is 4.12. The standard InChI is InChI=1S/C24H32N2O4/c1-2-22(20-6-4-3-5-7-20)28-17-21(27)16-26-12-10-25(11-13-26)15-19-8-9-23-24(14-19)30-18-29-23/h3-9,14,21-22,27H,2,10-13,15-18H2,1H3/t21-,22+/m1/s1. The van der Waals surface area contributed by atoms with E-state index in [2.05, 4.69) is 41.0 Å². The van der Waals surface area contributed by atoms with E-state index in [9.17, 15) is 5.11 Å². The van der Waals surface area contributed by atoms with Crippen molar-refractivity contribution in [1.82, 2.24) is 9.80 Å². The average molecular weight is 413 g/mol. The van der Waals surface area contributed by atoms with Gasteiger partial charge in [-0.1, -0.05) is 43.3 Å². The van der Waals surface area contributed by atoms with Crippen LogP contribution in [0.15, 0.2) is 48.5 Å². The van der Waals surface area contributed by atoms with Gasteiger partial charge in [0, 0.05) is 39.3 Å². The van der Waals surface area contributed by atoms with Crippen LogP contribution in [0.25, 0.3) is 0 Å². The third-order valence-electron chi connectivity index (χ3n) is 5.81. The zero-order valence-electron chi connectivity index (χ0n) is 17.7. The third-order valence-corrected chi connectivity index (χ3v) is 5.81. The molecule has 0 unspecified atom stereocenters. The normalized spacial score (nSPS) is 19.0. The second-order valence-corrected chi connectivity index (χ2v) is 8.06. The number of aliphatic hydroxyl groups is 1. The zero-order valence-corrected chi connectivity index (χ0v) is 17.7. The molecule has 6 heteroatoms. The Morgan fingerprint density at radius 3 is 2.47 bits per heavy atom. The van der Waals surface area contributed by atoms with Crippen LogP contribution in [0.5, 0.6) is 11.5 Å². The molecule has 2 aliphatic heterocycles. The summed E-state index contributed by atoms with van der Waals surface area (Å²) < 4.78 is 16.9. The van der Waals surface area contributed by atoms with E-state index in [4.69, 9.17) is 14.2 Å². The van der Waals surface area contributed by atoms with Gasteiger partial charge in [-0.15, -0.1) is 0 Å². The number of hydrogen-bond acceptors (Lipinski definition) is 6.